The number of anilines is 1. The maximum Gasteiger partial charge on any atom is 0.264 e. The van der Waals surface area contributed by atoms with E-state index >= 15 is 0 Å². The number of hydrogen-bond acceptors (Lipinski definition) is 4. The summed E-state index contributed by atoms with van der Waals surface area (Å²) >= 11 is 0. The number of para-hydroxylation sites is 1. The molecule has 0 radical (unpaired) electrons. The normalized spacial score (nSPS) is 20.6. The van der Waals surface area contributed by atoms with Gasteiger partial charge in [-0.3, -0.25) is 4.31 Å². The first-order valence-corrected chi connectivity index (χ1v) is 10.5. The first-order chi connectivity index (χ1) is 12.5. The van der Waals surface area contributed by atoms with Crippen molar-refractivity contribution in [3.63, 3.8) is 0 Å². The van der Waals surface area contributed by atoms with Crippen LogP contribution in [0.2, 0.25) is 0 Å². The number of sulfonamides is 1. The summed E-state index contributed by atoms with van der Waals surface area (Å²) in [6, 6.07) is 16.4. The second-order valence-corrected chi connectivity index (χ2v) is 8.92. The monoisotopic (exact) mass is 372 g/mol. The maximum absolute atomic E-state index is 13.3. The highest BCUT2D eigenvalue weighted by Crippen LogP contribution is 2.44. The minimum Gasteiger partial charge on any atom is -0.368 e. The van der Waals surface area contributed by atoms with E-state index in [0.717, 1.165) is 37.2 Å². The van der Waals surface area contributed by atoms with Crippen molar-refractivity contribution in [1.29, 1.82) is 0 Å². The number of piperidine rings is 1. The number of rotatable bonds is 2. The molecular formula is C20H24N2O3S. The highest BCUT2D eigenvalue weighted by molar-refractivity contribution is 7.92. The van der Waals surface area contributed by atoms with Gasteiger partial charge in [0.2, 0.25) is 0 Å². The van der Waals surface area contributed by atoms with Crippen LogP contribution in [0.25, 0.3) is 0 Å². The number of likely N-dealkylation sites (tertiary alicyclic amines) is 1. The molecule has 0 saturated carbocycles. The Bertz CT molecular complexity index is 875. The van der Waals surface area contributed by atoms with Gasteiger partial charge in [0, 0.05) is 18.7 Å². The average Bonchev–Trinajstić information content (AvgIpc) is 2.83. The van der Waals surface area contributed by atoms with Crippen LogP contribution in [-0.4, -0.2) is 46.6 Å². The lowest BCUT2D eigenvalue weighted by Gasteiger charge is -2.40. The summed E-state index contributed by atoms with van der Waals surface area (Å²) in [6.45, 7) is 2.61. The molecule has 1 saturated heterocycles. The van der Waals surface area contributed by atoms with E-state index in [9.17, 15) is 8.42 Å². The van der Waals surface area contributed by atoms with Crippen LogP contribution in [0, 0.1) is 0 Å². The van der Waals surface area contributed by atoms with E-state index in [0.29, 0.717) is 18.0 Å². The van der Waals surface area contributed by atoms with E-state index in [1.165, 1.54) is 4.31 Å². The summed E-state index contributed by atoms with van der Waals surface area (Å²) in [7, 11) is -1.51. The van der Waals surface area contributed by atoms with Crippen molar-refractivity contribution < 1.29 is 13.2 Å². The summed E-state index contributed by atoms with van der Waals surface area (Å²) < 4.78 is 34.4. The molecule has 0 aliphatic carbocycles. The maximum atomic E-state index is 13.3. The van der Waals surface area contributed by atoms with Gasteiger partial charge in [0.1, 0.15) is 0 Å². The molecule has 4 rings (SSSR count). The highest BCUT2D eigenvalue weighted by Gasteiger charge is 2.42. The molecule has 0 atom stereocenters. The summed E-state index contributed by atoms with van der Waals surface area (Å²) in [5.74, 6) is 0. The lowest BCUT2D eigenvalue weighted by Crippen LogP contribution is -2.42. The van der Waals surface area contributed by atoms with Gasteiger partial charge in [0.25, 0.3) is 10.0 Å². The molecule has 1 spiro atoms. The van der Waals surface area contributed by atoms with Crippen molar-refractivity contribution in [2.75, 3.05) is 37.6 Å². The number of nitrogens with zero attached hydrogens (tertiary/aromatic N) is 2. The largest absolute Gasteiger partial charge is 0.368 e. The predicted octanol–water partition coefficient (Wildman–Crippen LogP) is 2.83. The van der Waals surface area contributed by atoms with Crippen LogP contribution in [0.1, 0.15) is 18.4 Å². The Morgan fingerprint density at radius 3 is 2.31 bits per heavy atom. The molecule has 2 aromatic rings. The lowest BCUT2D eigenvalue weighted by atomic mass is 9.83. The van der Waals surface area contributed by atoms with Gasteiger partial charge in [-0.15, -0.1) is 0 Å². The van der Waals surface area contributed by atoms with Crippen LogP contribution >= 0.6 is 0 Å². The number of benzene rings is 2. The van der Waals surface area contributed by atoms with Crippen LogP contribution in [0.4, 0.5) is 5.69 Å². The van der Waals surface area contributed by atoms with Gasteiger partial charge in [0.05, 0.1) is 29.3 Å². The van der Waals surface area contributed by atoms with E-state index in [-0.39, 0.29) is 0 Å². The molecule has 2 aliphatic rings. The SMILES string of the molecule is CN1CCC2(CC1)OCCN(S(=O)(=O)c1ccccc1)c1ccccc12. The van der Waals surface area contributed by atoms with Gasteiger partial charge in [-0.1, -0.05) is 36.4 Å². The predicted molar refractivity (Wildman–Crippen MR) is 102 cm³/mol. The summed E-state index contributed by atoms with van der Waals surface area (Å²) in [5.41, 5.74) is 1.34. The minimum atomic E-state index is -3.62. The van der Waals surface area contributed by atoms with Crippen molar-refractivity contribution in [3.8, 4) is 0 Å². The summed E-state index contributed by atoms with van der Waals surface area (Å²) in [4.78, 5) is 2.61. The van der Waals surface area contributed by atoms with Gasteiger partial charge in [-0.25, -0.2) is 8.42 Å². The molecule has 2 aromatic carbocycles. The van der Waals surface area contributed by atoms with Crippen molar-refractivity contribution in [2.45, 2.75) is 23.3 Å². The highest BCUT2D eigenvalue weighted by atomic mass is 32.2. The molecule has 138 valence electrons. The van der Waals surface area contributed by atoms with Crippen LogP contribution in [-0.2, 0) is 20.4 Å². The molecule has 5 nitrogen and oxygen atoms in total. The quantitative estimate of drug-likeness (QED) is 0.813. The van der Waals surface area contributed by atoms with Crippen molar-refractivity contribution in [3.05, 3.63) is 60.2 Å². The first-order valence-electron chi connectivity index (χ1n) is 9.03. The van der Waals surface area contributed by atoms with Gasteiger partial charge < -0.3 is 9.64 Å². The molecule has 0 bridgehead atoms. The van der Waals surface area contributed by atoms with Gasteiger partial charge in [0.15, 0.2) is 0 Å². The van der Waals surface area contributed by atoms with Crippen molar-refractivity contribution in [2.24, 2.45) is 0 Å². The fourth-order valence-corrected chi connectivity index (χ4v) is 5.45. The molecule has 0 aromatic heterocycles. The number of fused-ring (bicyclic) bond motifs is 2. The van der Waals surface area contributed by atoms with Crippen LogP contribution < -0.4 is 4.31 Å². The Morgan fingerprint density at radius 1 is 0.923 bits per heavy atom. The van der Waals surface area contributed by atoms with Crippen LogP contribution in [0.5, 0.6) is 0 Å². The Kier molecular flexibility index (Phi) is 4.50. The van der Waals surface area contributed by atoms with Crippen LogP contribution in [0.3, 0.4) is 0 Å². The minimum absolute atomic E-state index is 0.314. The van der Waals surface area contributed by atoms with Crippen LogP contribution in [0.15, 0.2) is 59.5 Å². The van der Waals surface area contributed by atoms with Gasteiger partial charge in [-0.2, -0.15) is 0 Å². The van der Waals surface area contributed by atoms with E-state index in [1.54, 1.807) is 24.3 Å². The Balaban J connectivity index is 1.81. The second-order valence-electron chi connectivity index (χ2n) is 7.05. The van der Waals surface area contributed by atoms with Gasteiger partial charge in [-0.05, 0) is 38.1 Å². The molecule has 0 amide bonds. The third kappa shape index (κ3) is 2.92. The average molecular weight is 372 g/mol. The lowest BCUT2D eigenvalue weighted by molar-refractivity contribution is -0.0803. The van der Waals surface area contributed by atoms with Gasteiger partial charge >= 0.3 is 0 Å². The Morgan fingerprint density at radius 2 is 1.58 bits per heavy atom. The third-order valence-electron chi connectivity index (χ3n) is 5.46. The molecule has 6 heteroatoms. The first kappa shape index (κ1) is 17.5. The summed E-state index contributed by atoms with van der Waals surface area (Å²) in [5, 5.41) is 0. The Labute approximate surface area is 155 Å². The van der Waals surface area contributed by atoms with Crippen molar-refractivity contribution >= 4 is 15.7 Å². The fraction of sp³-hybridized carbons (Fsp3) is 0.400. The zero-order chi connectivity index (χ0) is 18.2. The Hall–Kier alpha value is -1.89. The van der Waals surface area contributed by atoms with E-state index in [2.05, 4.69) is 11.9 Å². The standard InChI is InChI=1S/C20H24N2O3S/c1-21-13-11-20(12-14-21)18-9-5-6-10-19(18)22(15-16-25-20)26(23,24)17-7-3-2-4-8-17/h2-10H,11-16H2,1H3. The zero-order valence-corrected chi connectivity index (χ0v) is 15.8. The van der Waals surface area contributed by atoms with E-state index in [4.69, 9.17) is 4.74 Å². The molecule has 26 heavy (non-hydrogen) atoms. The zero-order valence-electron chi connectivity index (χ0n) is 15.0. The molecule has 2 heterocycles. The second kappa shape index (κ2) is 6.68. The molecule has 2 aliphatic heterocycles. The molecular weight excluding hydrogens is 348 g/mol. The number of hydrogen-bond donors (Lipinski definition) is 0. The smallest absolute Gasteiger partial charge is 0.264 e. The summed E-state index contributed by atoms with van der Waals surface area (Å²) in [6.07, 6.45) is 1.75. The molecule has 0 N–H and O–H groups in total. The molecule has 1 fully saturated rings. The van der Waals surface area contributed by atoms with E-state index in [1.807, 2.05) is 30.3 Å². The number of ether oxygens (including phenoxy) is 1. The fourth-order valence-electron chi connectivity index (χ4n) is 3.96. The third-order valence-corrected chi connectivity index (χ3v) is 7.29. The topological polar surface area (TPSA) is 49.9 Å². The van der Waals surface area contributed by atoms with Crippen molar-refractivity contribution in [1.82, 2.24) is 4.90 Å². The van der Waals surface area contributed by atoms with E-state index < -0.39 is 15.6 Å². The molecule has 0 unspecified atom stereocenters.